The van der Waals surface area contributed by atoms with Crippen molar-refractivity contribution in [2.75, 3.05) is 6.54 Å². The lowest BCUT2D eigenvalue weighted by atomic mass is 9.92. The molecule has 0 aliphatic rings. The van der Waals surface area contributed by atoms with Crippen LogP contribution in [-0.4, -0.2) is 28.5 Å². The van der Waals surface area contributed by atoms with E-state index in [4.69, 9.17) is 10.8 Å². The molecule has 0 aromatic carbocycles. The first-order valence-corrected chi connectivity index (χ1v) is 6.35. The molecular formula is C11H17N3O3S. The first-order valence-electron chi connectivity index (χ1n) is 5.47. The largest absolute Gasteiger partial charge is 0.476 e. The molecular weight excluding hydrogens is 254 g/mol. The second-order valence-corrected chi connectivity index (χ2v) is 5.55. The maximum Gasteiger partial charge on any atom is 0.355 e. The number of carbonyl (C=O) groups is 2. The second-order valence-electron chi connectivity index (χ2n) is 4.66. The number of amides is 1. The van der Waals surface area contributed by atoms with Crippen LogP contribution in [-0.2, 0) is 4.79 Å². The number of hydrogen-bond donors (Lipinski definition) is 3. The second kappa shape index (κ2) is 5.45. The summed E-state index contributed by atoms with van der Waals surface area (Å²) in [6, 6.07) is -0.332. The predicted molar refractivity (Wildman–Crippen MR) is 68.5 cm³/mol. The number of carboxylic acids is 1. The number of nitrogens with zero attached hydrogens (tertiary/aromatic N) is 1. The van der Waals surface area contributed by atoms with Crippen LogP contribution in [0.2, 0.25) is 0 Å². The Morgan fingerprint density at radius 3 is 2.67 bits per heavy atom. The van der Waals surface area contributed by atoms with Gasteiger partial charge in [-0.15, -0.1) is 11.3 Å². The molecule has 0 aliphatic heterocycles. The van der Waals surface area contributed by atoms with E-state index in [2.05, 4.69) is 10.3 Å². The van der Waals surface area contributed by atoms with Crippen LogP contribution in [0.1, 0.15) is 42.3 Å². The summed E-state index contributed by atoms with van der Waals surface area (Å²) in [6.07, 6.45) is 0. The average molecular weight is 271 g/mol. The number of aromatic carboxylic acids is 1. The Morgan fingerprint density at radius 2 is 2.22 bits per heavy atom. The standard InChI is InChI=1S/C11H17N3O3S/c1-6(13-10(17)11(2,3)5-12)8-14-7(4-18-8)9(15)16/h4,6H,5,12H2,1-3H3,(H,13,17)(H,15,16). The van der Waals surface area contributed by atoms with Gasteiger partial charge in [0.15, 0.2) is 5.69 Å². The third-order valence-electron chi connectivity index (χ3n) is 2.58. The Kier molecular flexibility index (Phi) is 4.42. The minimum absolute atomic E-state index is 0.00539. The van der Waals surface area contributed by atoms with Crippen LogP contribution in [0, 0.1) is 5.41 Å². The molecule has 0 fully saturated rings. The molecule has 0 radical (unpaired) electrons. The van der Waals surface area contributed by atoms with Crippen LogP contribution in [0.15, 0.2) is 5.38 Å². The van der Waals surface area contributed by atoms with Crippen LogP contribution in [0.5, 0.6) is 0 Å². The Morgan fingerprint density at radius 1 is 1.61 bits per heavy atom. The molecule has 1 aromatic rings. The van der Waals surface area contributed by atoms with Crippen molar-refractivity contribution in [3.8, 4) is 0 Å². The van der Waals surface area contributed by atoms with Gasteiger partial charge in [-0.05, 0) is 20.8 Å². The number of nitrogens with one attached hydrogen (secondary N) is 1. The van der Waals surface area contributed by atoms with Gasteiger partial charge in [0.05, 0.1) is 11.5 Å². The molecule has 1 rings (SSSR count). The van der Waals surface area contributed by atoms with E-state index >= 15 is 0 Å². The van der Waals surface area contributed by atoms with Gasteiger partial charge in [0.1, 0.15) is 5.01 Å². The summed E-state index contributed by atoms with van der Waals surface area (Å²) < 4.78 is 0. The monoisotopic (exact) mass is 271 g/mol. The van der Waals surface area contributed by atoms with E-state index in [1.54, 1.807) is 20.8 Å². The topological polar surface area (TPSA) is 105 Å². The van der Waals surface area contributed by atoms with Crippen molar-refractivity contribution in [1.29, 1.82) is 0 Å². The highest BCUT2D eigenvalue weighted by molar-refractivity contribution is 7.09. The Bertz CT molecular complexity index is 456. The van der Waals surface area contributed by atoms with Crippen molar-refractivity contribution in [2.45, 2.75) is 26.8 Å². The Labute approximate surface area is 109 Å². The van der Waals surface area contributed by atoms with Gasteiger partial charge in [0.25, 0.3) is 0 Å². The van der Waals surface area contributed by atoms with Gasteiger partial charge < -0.3 is 16.2 Å². The van der Waals surface area contributed by atoms with Crippen molar-refractivity contribution in [3.63, 3.8) is 0 Å². The van der Waals surface area contributed by atoms with E-state index in [9.17, 15) is 9.59 Å². The van der Waals surface area contributed by atoms with Crippen LogP contribution >= 0.6 is 11.3 Å². The molecule has 1 atom stereocenters. The number of nitrogens with two attached hydrogens (primary N) is 1. The molecule has 1 aromatic heterocycles. The fourth-order valence-electron chi connectivity index (χ4n) is 1.13. The summed E-state index contributed by atoms with van der Waals surface area (Å²) in [6.45, 7) is 5.50. The molecule has 4 N–H and O–H groups in total. The molecule has 0 spiro atoms. The van der Waals surface area contributed by atoms with E-state index in [0.29, 0.717) is 5.01 Å². The normalized spacial score (nSPS) is 13.1. The molecule has 18 heavy (non-hydrogen) atoms. The SMILES string of the molecule is CC(NC(=O)C(C)(C)CN)c1nc(C(=O)O)cs1. The molecule has 1 unspecified atom stereocenters. The highest BCUT2D eigenvalue weighted by Crippen LogP contribution is 2.20. The van der Waals surface area contributed by atoms with Crippen LogP contribution < -0.4 is 11.1 Å². The van der Waals surface area contributed by atoms with E-state index in [1.165, 1.54) is 16.7 Å². The molecule has 0 aliphatic carbocycles. The maximum absolute atomic E-state index is 11.9. The van der Waals surface area contributed by atoms with Crippen molar-refractivity contribution >= 4 is 23.2 Å². The number of hydrogen-bond acceptors (Lipinski definition) is 5. The number of thiazole rings is 1. The van der Waals surface area contributed by atoms with E-state index < -0.39 is 11.4 Å². The molecule has 1 heterocycles. The van der Waals surface area contributed by atoms with Gasteiger partial charge in [-0.3, -0.25) is 4.79 Å². The fourth-order valence-corrected chi connectivity index (χ4v) is 1.93. The molecule has 0 bridgehead atoms. The molecule has 0 saturated heterocycles. The lowest BCUT2D eigenvalue weighted by molar-refractivity contribution is -0.129. The predicted octanol–water partition coefficient (Wildman–Crippen LogP) is 1.00. The number of rotatable bonds is 5. The quantitative estimate of drug-likeness (QED) is 0.741. The molecule has 0 saturated carbocycles. The van der Waals surface area contributed by atoms with Gasteiger partial charge in [0.2, 0.25) is 5.91 Å². The molecule has 1 amide bonds. The molecule has 6 nitrogen and oxygen atoms in total. The zero-order chi connectivity index (χ0) is 13.9. The molecule has 100 valence electrons. The lowest BCUT2D eigenvalue weighted by Gasteiger charge is -2.23. The van der Waals surface area contributed by atoms with E-state index in [1.807, 2.05) is 0 Å². The Hall–Kier alpha value is -1.47. The summed E-state index contributed by atoms with van der Waals surface area (Å²) in [4.78, 5) is 26.5. The summed E-state index contributed by atoms with van der Waals surface area (Å²) in [5, 5.41) is 13.6. The zero-order valence-electron chi connectivity index (χ0n) is 10.6. The van der Waals surface area contributed by atoms with Gasteiger partial charge in [-0.1, -0.05) is 0 Å². The first kappa shape index (κ1) is 14.6. The van der Waals surface area contributed by atoms with Crippen LogP contribution in [0.3, 0.4) is 0 Å². The van der Waals surface area contributed by atoms with Gasteiger partial charge in [-0.2, -0.15) is 0 Å². The minimum atomic E-state index is -1.07. The van der Waals surface area contributed by atoms with E-state index in [-0.39, 0.29) is 24.2 Å². The number of aromatic nitrogens is 1. The third-order valence-corrected chi connectivity index (χ3v) is 3.61. The highest BCUT2D eigenvalue weighted by Gasteiger charge is 2.27. The fraction of sp³-hybridized carbons (Fsp3) is 0.545. The van der Waals surface area contributed by atoms with Crippen molar-refractivity contribution in [3.05, 3.63) is 16.1 Å². The van der Waals surface area contributed by atoms with Crippen molar-refractivity contribution in [2.24, 2.45) is 11.1 Å². The highest BCUT2D eigenvalue weighted by atomic mass is 32.1. The first-order chi connectivity index (χ1) is 8.27. The number of carboxylic acid groups (broad SMARTS) is 1. The lowest BCUT2D eigenvalue weighted by Crippen LogP contribution is -2.42. The minimum Gasteiger partial charge on any atom is -0.476 e. The zero-order valence-corrected chi connectivity index (χ0v) is 11.4. The Balaban J connectivity index is 2.73. The average Bonchev–Trinajstić information content (AvgIpc) is 2.78. The summed E-state index contributed by atoms with van der Waals surface area (Å²) >= 11 is 1.21. The van der Waals surface area contributed by atoms with Crippen LogP contribution in [0.4, 0.5) is 0 Å². The van der Waals surface area contributed by atoms with Gasteiger partial charge >= 0.3 is 5.97 Å². The third kappa shape index (κ3) is 3.27. The van der Waals surface area contributed by atoms with Gasteiger partial charge in [0, 0.05) is 11.9 Å². The van der Waals surface area contributed by atoms with Gasteiger partial charge in [-0.25, -0.2) is 9.78 Å². The number of carbonyl (C=O) groups excluding carboxylic acids is 1. The van der Waals surface area contributed by atoms with Crippen LogP contribution in [0.25, 0.3) is 0 Å². The summed E-state index contributed by atoms with van der Waals surface area (Å²) in [7, 11) is 0. The van der Waals surface area contributed by atoms with E-state index in [0.717, 1.165) is 0 Å². The smallest absolute Gasteiger partial charge is 0.355 e. The van der Waals surface area contributed by atoms with Crippen molar-refractivity contribution in [1.82, 2.24) is 10.3 Å². The summed E-state index contributed by atoms with van der Waals surface area (Å²) in [5.41, 5.74) is 4.86. The maximum atomic E-state index is 11.9. The molecule has 7 heteroatoms. The summed E-state index contributed by atoms with van der Waals surface area (Å²) in [5.74, 6) is -1.25. The van der Waals surface area contributed by atoms with Crippen molar-refractivity contribution < 1.29 is 14.7 Å².